The summed E-state index contributed by atoms with van der Waals surface area (Å²) in [5.41, 5.74) is 6.17. The molecule has 0 aliphatic carbocycles. The number of benzene rings is 1. The number of amides is 2. The van der Waals surface area contributed by atoms with E-state index in [9.17, 15) is 9.59 Å². The summed E-state index contributed by atoms with van der Waals surface area (Å²) in [4.78, 5) is 30.2. The third-order valence-corrected chi connectivity index (χ3v) is 4.00. The summed E-state index contributed by atoms with van der Waals surface area (Å²) in [6, 6.07) is 7.30. The van der Waals surface area contributed by atoms with E-state index in [0.717, 1.165) is 11.4 Å². The van der Waals surface area contributed by atoms with Crippen LogP contribution in [-0.4, -0.2) is 39.6 Å². The number of carbonyl (C=O) groups is 2. The molecule has 2 amide bonds. The van der Waals surface area contributed by atoms with Gasteiger partial charge in [-0.1, -0.05) is 0 Å². The van der Waals surface area contributed by atoms with Gasteiger partial charge in [0.05, 0.1) is 18.6 Å². The van der Waals surface area contributed by atoms with Gasteiger partial charge in [-0.3, -0.25) is 14.7 Å². The van der Waals surface area contributed by atoms with Gasteiger partial charge in [0.2, 0.25) is 17.8 Å². The Balaban J connectivity index is 1.58. The fraction of sp³-hybridized carbons (Fsp3) is 0.412. The van der Waals surface area contributed by atoms with Crippen LogP contribution in [0.4, 0.5) is 11.6 Å². The van der Waals surface area contributed by atoms with E-state index in [-0.39, 0.29) is 36.8 Å². The number of carbonyl (C=O) groups excluding carboxylic acids is 2. The van der Waals surface area contributed by atoms with E-state index >= 15 is 0 Å². The average molecular weight is 358 g/mol. The van der Waals surface area contributed by atoms with Crippen molar-refractivity contribution in [3.05, 3.63) is 30.1 Å². The largest absolute Gasteiger partial charge is 0.491 e. The second kappa shape index (κ2) is 7.42. The summed E-state index contributed by atoms with van der Waals surface area (Å²) in [5, 5.41) is 9.07. The van der Waals surface area contributed by atoms with Gasteiger partial charge in [-0.25, -0.2) is 0 Å². The Labute approximate surface area is 150 Å². The molecule has 0 spiro atoms. The first-order valence-electron chi connectivity index (χ1n) is 8.44. The predicted molar refractivity (Wildman–Crippen MR) is 95.3 cm³/mol. The number of nitrogens with one attached hydrogen (secondary N) is 2. The van der Waals surface area contributed by atoms with Crippen molar-refractivity contribution in [1.29, 1.82) is 0 Å². The van der Waals surface area contributed by atoms with Gasteiger partial charge in [0.1, 0.15) is 11.6 Å². The van der Waals surface area contributed by atoms with E-state index in [4.69, 9.17) is 10.5 Å². The molecule has 0 bridgehead atoms. The molecule has 1 aliphatic heterocycles. The van der Waals surface area contributed by atoms with Gasteiger partial charge in [-0.05, 0) is 38.1 Å². The van der Waals surface area contributed by atoms with Gasteiger partial charge in [0.15, 0.2) is 0 Å². The summed E-state index contributed by atoms with van der Waals surface area (Å²) in [5.74, 6) is 0.659. The summed E-state index contributed by atoms with van der Waals surface area (Å²) >= 11 is 0. The highest BCUT2D eigenvalue weighted by Crippen LogP contribution is 2.27. The van der Waals surface area contributed by atoms with Crippen LogP contribution in [0.2, 0.25) is 0 Å². The van der Waals surface area contributed by atoms with E-state index in [1.807, 2.05) is 38.1 Å². The minimum absolute atomic E-state index is 0.0772. The molecule has 0 saturated carbocycles. The van der Waals surface area contributed by atoms with Crippen LogP contribution in [0.5, 0.6) is 5.75 Å². The van der Waals surface area contributed by atoms with Crippen LogP contribution in [0.1, 0.15) is 26.1 Å². The van der Waals surface area contributed by atoms with Crippen molar-refractivity contribution in [3.63, 3.8) is 0 Å². The summed E-state index contributed by atoms with van der Waals surface area (Å²) in [6.45, 7) is 4.44. The number of rotatable bonds is 6. The number of anilines is 2. The minimum atomic E-state index is -0.408. The zero-order valence-corrected chi connectivity index (χ0v) is 14.7. The molecule has 0 radical (unpaired) electrons. The molecule has 1 fully saturated rings. The van der Waals surface area contributed by atoms with Crippen LogP contribution in [0.15, 0.2) is 24.3 Å². The van der Waals surface area contributed by atoms with Crippen molar-refractivity contribution in [2.24, 2.45) is 5.92 Å². The molecule has 3 rings (SSSR count). The second-order valence-corrected chi connectivity index (χ2v) is 6.42. The molecule has 1 aliphatic rings. The van der Waals surface area contributed by atoms with E-state index in [2.05, 4.69) is 20.5 Å². The van der Waals surface area contributed by atoms with Crippen molar-refractivity contribution in [1.82, 2.24) is 20.5 Å². The lowest BCUT2D eigenvalue weighted by molar-refractivity contribution is -0.126. The number of nitrogen functional groups attached to an aromatic ring is 1. The molecule has 1 aromatic carbocycles. The smallest absolute Gasteiger partial charge is 0.239 e. The Hall–Kier alpha value is -3.10. The molecule has 1 aromatic heterocycles. The molecule has 26 heavy (non-hydrogen) atoms. The van der Waals surface area contributed by atoms with Crippen LogP contribution in [0.3, 0.4) is 0 Å². The van der Waals surface area contributed by atoms with Gasteiger partial charge < -0.3 is 20.7 Å². The zero-order chi connectivity index (χ0) is 18.7. The first-order chi connectivity index (χ1) is 12.4. The molecule has 2 aromatic rings. The summed E-state index contributed by atoms with van der Waals surface area (Å²) in [7, 11) is 0. The van der Waals surface area contributed by atoms with Crippen LogP contribution >= 0.6 is 0 Å². The van der Waals surface area contributed by atoms with Gasteiger partial charge in [0, 0.05) is 18.7 Å². The molecule has 1 atom stereocenters. The van der Waals surface area contributed by atoms with Crippen LogP contribution in [0.25, 0.3) is 0 Å². The lowest BCUT2D eigenvalue weighted by Crippen LogP contribution is -2.32. The Morgan fingerprint density at radius 1 is 1.42 bits per heavy atom. The van der Waals surface area contributed by atoms with Gasteiger partial charge in [-0.15, -0.1) is 5.10 Å². The van der Waals surface area contributed by atoms with Crippen molar-refractivity contribution in [2.45, 2.75) is 32.9 Å². The highest BCUT2D eigenvalue weighted by molar-refractivity contribution is 6.00. The zero-order valence-electron chi connectivity index (χ0n) is 14.7. The molecular weight excluding hydrogens is 336 g/mol. The van der Waals surface area contributed by atoms with Crippen molar-refractivity contribution < 1.29 is 14.3 Å². The number of ether oxygens (including phenoxy) is 1. The van der Waals surface area contributed by atoms with Crippen LogP contribution in [-0.2, 0) is 16.1 Å². The Kier molecular flexibility index (Phi) is 5.06. The monoisotopic (exact) mass is 358 g/mol. The molecule has 138 valence electrons. The predicted octanol–water partition coefficient (Wildman–Crippen LogP) is 0.843. The molecular formula is C17H22N6O3. The fourth-order valence-corrected chi connectivity index (χ4v) is 2.81. The SMILES string of the molecule is CC(C)Oc1ccc(N2CC(C(=O)NCc3nc(N)n[nH]3)CC2=O)cc1. The lowest BCUT2D eigenvalue weighted by Gasteiger charge is -2.17. The van der Waals surface area contributed by atoms with E-state index in [1.54, 1.807) is 4.90 Å². The number of aromatic nitrogens is 3. The van der Waals surface area contributed by atoms with Crippen molar-refractivity contribution >= 4 is 23.5 Å². The summed E-state index contributed by atoms with van der Waals surface area (Å²) < 4.78 is 5.60. The Morgan fingerprint density at radius 3 is 2.77 bits per heavy atom. The maximum absolute atomic E-state index is 12.3. The second-order valence-electron chi connectivity index (χ2n) is 6.42. The standard InChI is InChI=1S/C17H22N6O3/c1-10(2)26-13-5-3-12(4-6-13)23-9-11(7-15(23)24)16(25)19-8-14-20-17(18)22-21-14/h3-6,10-11H,7-9H2,1-2H3,(H,19,25)(H3,18,20,21,22). The first kappa shape index (κ1) is 17.7. The van der Waals surface area contributed by atoms with Crippen LogP contribution < -0.4 is 20.7 Å². The van der Waals surface area contributed by atoms with Gasteiger partial charge in [0.25, 0.3) is 0 Å². The number of nitrogens with zero attached hydrogens (tertiary/aromatic N) is 3. The quantitative estimate of drug-likeness (QED) is 0.702. The maximum atomic E-state index is 12.3. The van der Waals surface area contributed by atoms with E-state index < -0.39 is 5.92 Å². The van der Waals surface area contributed by atoms with Gasteiger partial charge >= 0.3 is 0 Å². The molecule has 2 heterocycles. The minimum Gasteiger partial charge on any atom is -0.491 e. The first-order valence-corrected chi connectivity index (χ1v) is 8.44. The summed E-state index contributed by atoms with van der Waals surface area (Å²) in [6.07, 6.45) is 0.260. The van der Waals surface area contributed by atoms with Gasteiger partial charge in [-0.2, -0.15) is 4.98 Å². The molecule has 1 saturated heterocycles. The Bertz CT molecular complexity index is 786. The highest BCUT2D eigenvalue weighted by Gasteiger charge is 2.35. The number of hydrogen-bond acceptors (Lipinski definition) is 6. The third-order valence-electron chi connectivity index (χ3n) is 4.00. The highest BCUT2D eigenvalue weighted by atomic mass is 16.5. The third kappa shape index (κ3) is 4.11. The normalized spacial score (nSPS) is 17.0. The van der Waals surface area contributed by atoms with E-state index in [0.29, 0.717) is 12.4 Å². The van der Waals surface area contributed by atoms with Crippen LogP contribution in [0, 0.1) is 5.92 Å². The Morgan fingerprint density at radius 2 is 2.15 bits per heavy atom. The number of hydrogen-bond donors (Lipinski definition) is 3. The fourth-order valence-electron chi connectivity index (χ4n) is 2.81. The van der Waals surface area contributed by atoms with Crippen molar-refractivity contribution in [2.75, 3.05) is 17.2 Å². The number of nitrogens with two attached hydrogens (primary N) is 1. The molecule has 9 heteroatoms. The average Bonchev–Trinajstić information content (AvgIpc) is 3.19. The molecule has 1 unspecified atom stereocenters. The molecule has 9 nitrogen and oxygen atoms in total. The topological polar surface area (TPSA) is 126 Å². The maximum Gasteiger partial charge on any atom is 0.239 e. The number of H-pyrrole nitrogens is 1. The van der Waals surface area contributed by atoms with E-state index in [1.165, 1.54) is 0 Å². The van der Waals surface area contributed by atoms with Crippen molar-refractivity contribution in [3.8, 4) is 5.75 Å². The number of aromatic amines is 1. The lowest BCUT2D eigenvalue weighted by atomic mass is 10.1. The molecule has 4 N–H and O–H groups in total.